The molecule has 4 aromatic rings. The van der Waals surface area contributed by atoms with E-state index in [1.54, 1.807) is 0 Å². The van der Waals surface area contributed by atoms with Gasteiger partial charge in [-0.1, -0.05) is 0 Å². The van der Waals surface area contributed by atoms with E-state index >= 15 is 0 Å². The Bertz CT molecular complexity index is 1750. The van der Waals surface area contributed by atoms with Crippen LogP contribution in [-0.2, 0) is 15.1 Å². The van der Waals surface area contributed by atoms with Gasteiger partial charge in [-0.25, -0.2) is 0 Å². The number of aryl methyl sites for hydroxylation is 2. The van der Waals surface area contributed by atoms with Crippen LogP contribution in [0.5, 0.6) is 0 Å². The van der Waals surface area contributed by atoms with Crippen molar-refractivity contribution in [3.05, 3.63) is 130 Å². The van der Waals surface area contributed by atoms with Crippen LogP contribution in [0.4, 0.5) is 0 Å². The normalized spacial score (nSPS) is 20.3. The molecular formula is C39H44Hf. The molecule has 0 radical (unpaired) electrons. The van der Waals surface area contributed by atoms with Crippen LogP contribution in [0.15, 0.2) is 97.1 Å². The molecule has 0 nitrogen and oxygen atoms in total. The van der Waals surface area contributed by atoms with Crippen molar-refractivity contribution in [3.63, 3.8) is 0 Å². The summed E-state index contributed by atoms with van der Waals surface area (Å²) in [6.07, 6.45) is 9.98. The molecule has 0 bridgehead atoms. The topological polar surface area (TPSA) is 0 Å². The van der Waals surface area contributed by atoms with Gasteiger partial charge in [-0.15, -0.1) is 0 Å². The fourth-order valence-electron chi connectivity index (χ4n) is 8.49. The van der Waals surface area contributed by atoms with Crippen molar-refractivity contribution in [2.45, 2.75) is 52.8 Å². The molecule has 0 aliphatic heterocycles. The number of hydrogen-bond donors (Lipinski definition) is 0. The van der Waals surface area contributed by atoms with Gasteiger partial charge in [-0.05, 0) is 0 Å². The third kappa shape index (κ3) is 3.56. The van der Waals surface area contributed by atoms with Crippen LogP contribution in [0.3, 0.4) is 0 Å². The third-order valence-corrected chi connectivity index (χ3v) is 60.5. The van der Waals surface area contributed by atoms with E-state index in [1.807, 2.05) is 0 Å². The van der Waals surface area contributed by atoms with Crippen LogP contribution < -0.4 is 0 Å². The van der Waals surface area contributed by atoms with Crippen LogP contribution in [0.2, 0.25) is 17.7 Å². The van der Waals surface area contributed by atoms with Gasteiger partial charge in [0, 0.05) is 0 Å². The molecule has 0 N–H and O–H groups in total. The zero-order valence-corrected chi connectivity index (χ0v) is 28.8. The molecule has 0 spiro atoms. The minimum atomic E-state index is -5.13. The average molecular weight is 691 g/mol. The van der Waals surface area contributed by atoms with Gasteiger partial charge in [0.1, 0.15) is 0 Å². The van der Waals surface area contributed by atoms with Gasteiger partial charge >= 0.3 is 237 Å². The second-order valence-electron chi connectivity index (χ2n) is 15.7. The van der Waals surface area contributed by atoms with Crippen molar-refractivity contribution >= 4 is 16.4 Å². The Kier molecular flexibility index (Phi) is 5.52. The maximum absolute atomic E-state index is 5.69. The summed E-state index contributed by atoms with van der Waals surface area (Å²) in [5.41, 5.74) is 13.6. The van der Waals surface area contributed by atoms with Gasteiger partial charge in [0.2, 0.25) is 0 Å². The predicted octanol–water partition coefficient (Wildman–Crippen LogP) is 11.6. The summed E-state index contributed by atoms with van der Waals surface area (Å²) in [7, 11) is 0. The van der Waals surface area contributed by atoms with Gasteiger partial charge in [-0.2, -0.15) is 0 Å². The molecule has 1 heteroatoms. The first-order valence-corrected chi connectivity index (χ1v) is 34.1. The Balaban J connectivity index is 1.59. The number of allylic oxidation sites excluding steroid dienone is 2. The first-order chi connectivity index (χ1) is 18.9. The third-order valence-electron chi connectivity index (χ3n) is 12.7. The molecule has 2 unspecified atom stereocenters. The standard InChI is InChI=1S/2C16H13.2C2H5.2CH3.CH2.Hf/c2*1-12-5-2-8-14(11-12)16-10-4-7-13-6-3-9-15(13)16;2*1-2;;;;/h2*2-11H,1H3;2*1H2,2H3;2*1H3;1H2;. The SMILES string of the molecule is [CH2]=[Hf]([CH3])([CH3])([CH2]C)([CH2]C)([CH]1C=Cc2c(-c3cccc(C)c3)cccc21)[CH]1C=Cc2c(-c3cccc(C)c3)cccc21. The molecule has 204 valence electrons. The number of fused-ring (bicyclic) bond motifs is 2. The Labute approximate surface area is 235 Å². The maximum atomic E-state index is 5.69. The molecular weight excluding hydrogens is 647 g/mol. The van der Waals surface area contributed by atoms with Crippen LogP contribution in [-0.4, -0.2) is 4.26 Å². The average Bonchev–Trinajstić information content (AvgIpc) is 3.60. The van der Waals surface area contributed by atoms with Crippen molar-refractivity contribution in [1.82, 2.24) is 0 Å². The zero-order chi connectivity index (χ0) is 28.4. The summed E-state index contributed by atoms with van der Waals surface area (Å²) in [6, 6.07) is 31.8. The molecule has 0 saturated heterocycles. The number of hydrogen-bond acceptors (Lipinski definition) is 0. The summed E-state index contributed by atoms with van der Waals surface area (Å²) < 4.78 is 14.0. The van der Waals surface area contributed by atoms with Gasteiger partial charge in [-0.3, -0.25) is 0 Å². The van der Waals surface area contributed by atoms with Crippen molar-refractivity contribution in [3.8, 4) is 22.3 Å². The second kappa shape index (κ2) is 8.10. The van der Waals surface area contributed by atoms with Crippen LogP contribution in [0.25, 0.3) is 34.4 Å². The van der Waals surface area contributed by atoms with Crippen molar-refractivity contribution in [1.29, 1.82) is 0 Å². The quantitative estimate of drug-likeness (QED) is 0.177. The van der Waals surface area contributed by atoms with E-state index in [-0.39, 0.29) is 0 Å². The van der Waals surface area contributed by atoms with E-state index in [1.165, 1.54) is 55.6 Å². The molecule has 0 heterocycles. The van der Waals surface area contributed by atoms with Crippen molar-refractivity contribution in [2.75, 3.05) is 0 Å². The van der Waals surface area contributed by atoms with E-state index < -0.39 is 15.1 Å². The Morgan fingerprint density at radius 2 is 1.00 bits per heavy atom. The molecule has 0 fully saturated rings. The second-order valence-corrected chi connectivity index (χ2v) is 67.7. The molecule has 40 heavy (non-hydrogen) atoms. The van der Waals surface area contributed by atoms with E-state index in [0.717, 1.165) is 8.35 Å². The van der Waals surface area contributed by atoms with E-state index in [2.05, 4.69) is 146 Å². The summed E-state index contributed by atoms with van der Waals surface area (Å²) in [6.45, 7) is 9.27. The summed E-state index contributed by atoms with van der Waals surface area (Å²) in [4.78, 5) is 0. The van der Waals surface area contributed by atoms with E-state index in [9.17, 15) is 0 Å². The zero-order valence-electron chi connectivity index (χ0n) is 25.2. The fourth-order valence-corrected chi connectivity index (χ4v) is 37.5. The molecule has 2 aliphatic rings. The van der Waals surface area contributed by atoms with Crippen LogP contribution >= 0.6 is 0 Å². The van der Waals surface area contributed by atoms with Crippen molar-refractivity contribution in [2.24, 2.45) is 0 Å². The van der Waals surface area contributed by atoms with E-state index in [0.29, 0.717) is 7.35 Å². The number of benzene rings is 4. The fraction of sp³-hybridized carbons (Fsp3) is 0.256. The molecule has 0 saturated carbocycles. The Hall–Kier alpha value is -2.90. The minimum absolute atomic E-state index is 0.322. The van der Waals surface area contributed by atoms with Gasteiger partial charge in [0.25, 0.3) is 0 Å². The van der Waals surface area contributed by atoms with E-state index in [4.69, 9.17) is 4.26 Å². The summed E-state index contributed by atoms with van der Waals surface area (Å²) >= 11 is -5.13. The number of rotatable bonds is 6. The first kappa shape index (κ1) is 27.3. The van der Waals surface area contributed by atoms with Crippen LogP contribution in [0, 0.1) is 13.8 Å². The van der Waals surface area contributed by atoms with Gasteiger partial charge < -0.3 is 0 Å². The molecule has 2 aliphatic carbocycles. The molecule has 2 atom stereocenters. The molecule has 0 amide bonds. The van der Waals surface area contributed by atoms with Gasteiger partial charge in [0.15, 0.2) is 0 Å². The molecule has 0 aromatic heterocycles. The first-order valence-electron chi connectivity index (χ1n) is 15.2. The Morgan fingerprint density at radius 1 is 0.600 bits per heavy atom. The monoisotopic (exact) mass is 692 g/mol. The van der Waals surface area contributed by atoms with Crippen LogP contribution in [0.1, 0.15) is 54.6 Å². The van der Waals surface area contributed by atoms with Gasteiger partial charge in [0.05, 0.1) is 0 Å². The molecule has 4 aromatic carbocycles. The summed E-state index contributed by atoms with van der Waals surface area (Å²) in [5, 5.41) is 0. The Morgan fingerprint density at radius 3 is 1.38 bits per heavy atom. The molecule has 6 rings (SSSR count). The van der Waals surface area contributed by atoms with Crippen molar-refractivity contribution < 1.29 is 15.1 Å². The summed E-state index contributed by atoms with van der Waals surface area (Å²) in [5.74, 6) is 0. The predicted molar refractivity (Wildman–Crippen MR) is 177 cm³/mol.